The number of piperidine rings is 1. The summed E-state index contributed by atoms with van der Waals surface area (Å²) in [7, 11) is 1.40. The average Bonchev–Trinajstić information content (AvgIpc) is 2.78. The molecule has 7 nitrogen and oxygen atoms in total. The normalized spacial score (nSPS) is 23.4. The number of carbonyl (C=O) groups is 4. The number of carboxylic acids is 1. The zero-order chi connectivity index (χ0) is 17.6. The second kappa shape index (κ2) is 5.74. The van der Waals surface area contributed by atoms with Crippen LogP contribution >= 0.6 is 0 Å². The average molecular weight is 330 g/mol. The predicted molar refractivity (Wildman–Crippen MR) is 83.7 cm³/mol. The van der Waals surface area contributed by atoms with E-state index < -0.39 is 17.8 Å². The van der Waals surface area contributed by atoms with Crippen molar-refractivity contribution in [2.24, 2.45) is 5.92 Å². The molecule has 0 aromatic heterocycles. The SMILES string of the molecule is CC1CCC(C(=O)O)CN1C(=O)c1ccc2c(c1)C(=O)N(C)C2=O. The van der Waals surface area contributed by atoms with Gasteiger partial charge >= 0.3 is 5.97 Å². The standard InChI is InChI=1S/C17H18N2O5/c1-9-3-4-11(17(23)24)8-19(9)14(20)10-5-6-12-13(7-10)16(22)18(2)15(12)21/h5-7,9,11H,3-4,8H2,1-2H3,(H,23,24). The van der Waals surface area contributed by atoms with Crippen LogP contribution in [0.4, 0.5) is 0 Å². The van der Waals surface area contributed by atoms with Crippen molar-refractivity contribution in [1.82, 2.24) is 9.80 Å². The number of imide groups is 1. The molecule has 7 heteroatoms. The van der Waals surface area contributed by atoms with Crippen molar-refractivity contribution in [3.05, 3.63) is 34.9 Å². The molecule has 1 saturated heterocycles. The third kappa shape index (κ3) is 2.46. The summed E-state index contributed by atoms with van der Waals surface area (Å²) in [6, 6.07) is 4.36. The molecule has 1 fully saturated rings. The van der Waals surface area contributed by atoms with Crippen molar-refractivity contribution in [3.8, 4) is 0 Å². The number of hydrogen-bond acceptors (Lipinski definition) is 4. The summed E-state index contributed by atoms with van der Waals surface area (Å²) < 4.78 is 0. The maximum absolute atomic E-state index is 12.8. The zero-order valence-corrected chi connectivity index (χ0v) is 13.5. The van der Waals surface area contributed by atoms with Gasteiger partial charge in [0.1, 0.15) is 0 Å². The van der Waals surface area contributed by atoms with Gasteiger partial charge in [-0.1, -0.05) is 0 Å². The summed E-state index contributed by atoms with van der Waals surface area (Å²) in [4.78, 5) is 50.5. The number of aliphatic carboxylic acids is 1. The van der Waals surface area contributed by atoms with Crippen molar-refractivity contribution in [2.75, 3.05) is 13.6 Å². The highest BCUT2D eigenvalue weighted by atomic mass is 16.4. The smallest absolute Gasteiger partial charge is 0.308 e. The van der Waals surface area contributed by atoms with Crippen LogP contribution in [0.2, 0.25) is 0 Å². The molecule has 3 amide bonds. The van der Waals surface area contributed by atoms with Gasteiger partial charge in [-0.25, -0.2) is 0 Å². The van der Waals surface area contributed by atoms with E-state index in [1.165, 1.54) is 30.1 Å². The summed E-state index contributed by atoms with van der Waals surface area (Å²) in [5.74, 6) is -2.61. The largest absolute Gasteiger partial charge is 0.481 e. The van der Waals surface area contributed by atoms with Gasteiger partial charge in [-0.15, -0.1) is 0 Å². The van der Waals surface area contributed by atoms with E-state index in [4.69, 9.17) is 0 Å². The van der Waals surface area contributed by atoms with Crippen molar-refractivity contribution < 1.29 is 24.3 Å². The summed E-state index contributed by atoms with van der Waals surface area (Å²) >= 11 is 0. The molecule has 2 unspecified atom stereocenters. The van der Waals surface area contributed by atoms with Crippen molar-refractivity contribution in [2.45, 2.75) is 25.8 Å². The molecule has 0 spiro atoms. The lowest BCUT2D eigenvalue weighted by Crippen LogP contribution is -2.47. The first-order valence-corrected chi connectivity index (χ1v) is 7.81. The number of amides is 3. The highest BCUT2D eigenvalue weighted by molar-refractivity contribution is 6.21. The summed E-state index contributed by atoms with van der Waals surface area (Å²) in [5, 5.41) is 9.19. The van der Waals surface area contributed by atoms with Crippen LogP contribution in [-0.2, 0) is 4.79 Å². The topological polar surface area (TPSA) is 95.0 Å². The summed E-state index contributed by atoms with van der Waals surface area (Å²) in [5.41, 5.74) is 0.796. The lowest BCUT2D eigenvalue weighted by molar-refractivity contribution is -0.143. The van der Waals surface area contributed by atoms with Gasteiger partial charge in [0, 0.05) is 25.2 Å². The fourth-order valence-electron chi connectivity index (χ4n) is 3.25. The first kappa shape index (κ1) is 16.2. The Morgan fingerprint density at radius 2 is 1.79 bits per heavy atom. The molecule has 0 bridgehead atoms. The number of nitrogens with zero attached hydrogens (tertiary/aromatic N) is 2. The molecule has 24 heavy (non-hydrogen) atoms. The Kier molecular flexibility index (Phi) is 3.87. The van der Waals surface area contributed by atoms with E-state index in [-0.39, 0.29) is 35.5 Å². The first-order valence-electron chi connectivity index (χ1n) is 7.81. The van der Waals surface area contributed by atoms with Gasteiger partial charge in [-0.05, 0) is 38.0 Å². The van der Waals surface area contributed by atoms with E-state index in [0.717, 1.165) is 4.90 Å². The molecular weight excluding hydrogens is 312 g/mol. The minimum absolute atomic E-state index is 0.0682. The first-order chi connectivity index (χ1) is 11.3. The van der Waals surface area contributed by atoms with Crippen LogP contribution in [0.5, 0.6) is 0 Å². The molecule has 2 heterocycles. The number of benzene rings is 1. The lowest BCUT2D eigenvalue weighted by atomic mass is 9.92. The van der Waals surface area contributed by atoms with Crippen LogP contribution in [0.3, 0.4) is 0 Å². The monoisotopic (exact) mass is 330 g/mol. The molecule has 126 valence electrons. The van der Waals surface area contributed by atoms with Gasteiger partial charge < -0.3 is 10.0 Å². The highest BCUT2D eigenvalue weighted by Crippen LogP contribution is 2.27. The Hall–Kier alpha value is -2.70. The maximum Gasteiger partial charge on any atom is 0.308 e. The van der Waals surface area contributed by atoms with E-state index in [1.807, 2.05) is 6.92 Å². The quantitative estimate of drug-likeness (QED) is 0.823. The van der Waals surface area contributed by atoms with E-state index in [0.29, 0.717) is 18.4 Å². The van der Waals surface area contributed by atoms with E-state index >= 15 is 0 Å². The van der Waals surface area contributed by atoms with Gasteiger partial charge in [0.15, 0.2) is 0 Å². The van der Waals surface area contributed by atoms with Crippen LogP contribution in [0.15, 0.2) is 18.2 Å². The number of hydrogen-bond donors (Lipinski definition) is 1. The van der Waals surface area contributed by atoms with E-state index in [9.17, 15) is 24.3 Å². The zero-order valence-electron chi connectivity index (χ0n) is 13.5. The third-order valence-electron chi connectivity index (χ3n) is 4.83. The molecule has 1 aromatic carbocycles. The summed E-state index contributed by atoms with van der Waals surface area (Å²) in [6.45, 7) is 2.03. The predicted octanol–water partition coefficient (Wildman–Crippen LogP) is 1.24. The minimum Gasteiger partial charge on any atom is -0.481 e. The Labute approximate surface area is 138 Å². The van der Waals surface area contributed by atoms with Crippen molar-refractivity contribution in [1.29, 1.82) is 0 Å². The van der Waals surface area contributed by atoms with Gasteiger partial charge in [0.2, 0.25) is 0 Å². The van der Waals surface area contributed by atoms with Crippen LogP contribution in [0.1, 0.15) is 50.8 Å². The Balaban J connectivity index is 1.90. The van der Waals surface area contributed by atoms with Gasteiger partial charge in [0.05, 0.1) is 17.0 Å². The molecule has 2 atom stereocenters. The summed E-state index contributed by atoms with van der Waals surface area (Å²) in [6.07, 6.45) is 1.16. The van der Waals surface area contributed by atoms with Crippen molar-refractivity contribution in [3.63, 3.8) is 0 Å². The number of carboxylic acid groups (broad SMARTS) is 1. The molecule has 0 aliphatic carbocycles. The number of fused-ring (bicyclic) bond motifs is 1. The van der Waals surface area contributed by atoms with Crippen LogP contribution in [0, 0.1) is 5.92 Å². The van der Waals surface area contributed by atoms with Crippen molar-refractivity contribution >= 4 is 23.7 Å². The molecule has 2 aliphatic rings. The van der Waals surface area contributed by atoms with Gasteiger partial charge in [-0.3, -0.25) is 24.1 Å². The molecular formula is C17H18N2O5. The lowest BCUT2D eigenvalue weighted by Gasteiger charge is -2.36. The molecule has 1 N–H and O–H groups in total. The molecule has 2 aliphatic heterocycles. The van der Waals surface area contributed by atoms with Crippen LogP contribution in [-0.4, -0.2) is 58.2 Å². The Morgan fingerprint density at radius 3 is 2.46 bits per heavy atom. The Bertz CT molecular complexity index is 757. The second-order valence-corrected chi connectivity index (χ2v) is 6.35. The minimum atomic E-state index is -0.906. The Morgan fingerprint density at radius 1 is 1.12 bits per heavy atom. The van der Waals surface area contributed by atoms with Crippen LogP contribution < -0.4 is 0 Å². The van der Waals surface area contributed by atoms with Gasteiger partial charge in [-0.2, -0.15) is 0 Å². The molecule has 1 aromatic rings. The third-order valence-corrected chi connectivity index (χ3v) is 4.83. The fourth-order valence-corrected chi connectivity index (χ4v) is 3.25. The number of likely N-dealkylation sites (tertiary alicyclic amines) is 1. The van der Waals surface area contributed by atoms with E-state index in [2.05, 4.69) is 0 Å². The highest BCUT2D eigenvalue weighted by Gasteiger charge is 2.36. The second-order valence-electron chi connectivity index (χ2n) is 6.35. The molecule has 0 saturated carbocycles. The maximum atomic E-state index is 12.8. The van der Waals surface area contributed by atoms with E-state index in [1.54, 1.807) is 0 Å². The molecule has 3 rings (SSSR count). The number of rotatable bonds is 2. The number of carbonyl (C=O) groups excluding carboxylic acids is 3. The van der Waals surface area contributed by atoms with Crippen LogP contribution in [0.25, 0.3) is 0 Å². The molecule has 0 radical (unpaired) electrons. The fraction of sp³-hybridized carbons (Fsp3) is 0.412. The van der Waals surface area contributed by atoms with Gasteiger partial charge in [0.25, 0.3) is 17.7 Å².